The topological polar surface area (TPSA) is 35.5 Å². The Labute approximate surface area is 122 Å². The zero-order chi connectivity index (χ0) is 15.1. The van der Waals surface area contributed by atoms with Crippen molar-refractivity contribution in [2.24, 2.45) is 23.2 Å². The van der Waals surface area contributed by atoms with Gasteiger partial charge in [0.15, 0.2) is 0 Å². The Morgan fingerprint density at radius 1 is 1.40 bits per heavy atom. The van der Waals surface area contributed by atoms with Gasteiger partial charge in [0.2, 0.25) is 0 Å². The number of esters is 1. The van der Waals surface area contributed by atoms with Gasteiger partial charge < -0.3 is 9.47 Å². The van der Waals surface area contributed by atoms with Gasteiger partial charge in [-0.15, -0.1) is 0 Å². The fraction of sp³-hybridized carbons (Fsp3) is 0.706. The Morgan fingerprint density at radius 2 is 2.05 bits per heavy atom. The number of hydrogen-bond donors (Lipinski definition) is 0. The van der Waals surface area contributed by atoms with E-state index in [-0.39, 0.29) is 11.4 Å². The molecule has 1 aliphatic heterocycles. The van der Waals surface area contributed by atoms with Crippen molar-refractivity contribution in [2.45, 2.75) is 41.5 Å². The molecular formula is C17H26O3. The first-order valence-corrected chi connectivity index (χ1v) is 7.41. The standard InChI is InChI=1S/C17H26O3/c1-10(2)16-15-11(3)7-12(4)17(9-20-16,13(15)5)8-19-14(6)18/h7,12-13,15H,8-9H2,1-6H3/t12-,13+,15-,17+/m0/s1. The smallest absolute Gasteiger partial charge is 0.302 e. The van der Waals surface area contributed by atoms with Crippen LogP contribution in [0.4, 0.5) is 0 Å². The predicted octanol–water partition coefficient (Wildman–Crippen LogP) is 3.71. The number of fused-ring (bicyclic) bond motifs is 2. The third kappa shape index (κ3) is 2.27. The highest BCUT2D eigenvalue weighted by atomic mass is 16.5. The predicted molar refractivity (Wildman–Crippen MR) is 79.0 cm³/mol. The Hall–Kier alpha value is -1.25. The number of rotatable bonds is 2. The van der Waals surface area contributed by atoms with E-state index >= 15 is 0 Å². The highest BCUT2D eigenvalue weighted by molar-refractivity contribution is 5.66. The van der Waals surface area contributed by atoms with Crippen LogP contribution in [0, 0.1) is 23.2 Å². The zero-order valence-electron chi connectivity index (χ0n) is 13.4. The fourth-order valence-electron chi connectivity index (χ4n) is 3.80. The van der Waals surface area contributed by atoms with Gasteiger partial charge in [-0.3, -0.25) is 4.79 Å². The van der Waals surface area contributed by atoms with Crippen LogP contribution in [-0.4, -0.2) is 19.2 Å². The molecule has 20 heavy (non-hydrogen) atoms. The Kier molecular flexibility index (Phi) is 3.99. The van der Waals surface area contributed by atoms with Gasteiger partial charge in [0.1, 0.15) is 12.4 Å². The lowest BCUT2D eigenvalue weighted by Gasteiger charge is -2.53. The molecule has 2 rings (SSSR count). The number of carbonyl (C=O) groups is 1. The van der Waals surface area contributed by atoms with Crippen LogP contribution < -0.4 is 0 Å². The van der Waals surface area contributed by atoms with E-state index in [4.69, 9.17) is 9.47 Å². The van der Waals surface area contributed by atoms with Gasteiger partial charge >= 0.3 is 5.97 Å². The van der Waals surface area contributed by atoms with E-state index in [1.165, 1.54) is 18.1 Å². The monoisotopic (exact) mass is 278 g/mol. The average Bonchev–Trinajstić information content (AvgIpc) is 2.34. The maximum atomic E-state index is 11.2. The SMILES string of the molecule is CC(=O)OC[C@@]12COC(=C(C)C)[C@@H](C(C)=C[C@@H]1C)[C@H]2C. The highest BCUT2D eigenvalue weighted by Crippen LogP contribution is 2.54. The molecule has 0 saturated carbocycles. The second-order valence-corrected chi connectivity index (χ2v) is 6.63. The number of hydrogen-bond acceptors (Lipinski definition) is 3. The molecule has 1 fully saturated rings. The summed E-state index contributed by atoms with van der Waals surface area (Å²) >= 11 is 0. The van der Waals surface area contributed by atoms with Crippen molar-refractivity contribution < 1.29 is 14.3 Å². The molecule has 0 N–H and O–H groups in total. The normalized spacial score (nSPS) is 36.0. The average molecular weight is 278 g/mol. The third-order valence-corrected chi connectivity index (χ3v) is 5.13. The molecule has 0 unspecified atom stereocenters. The Balaban J connectivity index is 2.41. The van der Waals surface area contributed by atoms with Crippen molar-refractivity contribution in [1.82, 2.24) is 0 Å². The van der Waals surface area contributed by atoms with Crippen LogP contribution in [0.25, 0.3) is 0 Å². The minimum Gasteiger partial charge on any atom is -0.497 e. The molecule has 1 aliphatic carbocycles. The van der Waals surface area contributed by atoms with Crippen LogP contribution in [0.1, 0.15) is 41.5 Å². The summed E-state index contributed by atoms with van der Waals surface area (Å²) in [6, 6.07) is 0. The van der Waals surface area contributed by atoms with E-state index in [1.54, 1.807) is 0 Å². The molecule has 0 aromatic heterocycles. The van der Waals surface area contributed by atoms with Crippen molar-refractivity contribution in [3.8, 4) is 0 Å². The van der Waals surface area contributed by atoms with Crippen LogP contribution in [0.3, 0.4) is 0 Å². The van der Waals surface area contributed by atoms with E-state index in [9.17, 15) is 4.79 Å². The van der Waals surface area contributed by atoms with Crippen molar-refractivity contribution >= 4 is 5.97 Å². The lowest BCUT2D eigenvalue weighted by molar-refractivity contribution is -0.155. The molecule has 2 aliphatic rings. The van der Waals surface area contributed by atoms with Crippen LogP contribution in [0.2, 0.25) is 0 Å². The van der Waals surface area contributed by atoms with Gasteiger partial charge in [0.25, 0.3) is 0 Å². The van der Waals surface area contributed by atoms with Gasteiger partial charge in [-0.2, -0.15) is 0 Å². The van der Waals surface area contributed by atoms with Crippen molar-refractivity contribution in [3.05, 3.63) is 23.0 Å². The van der Waals surface area contributed by atoms with Crippen LogP contribution >= 0.6 is 0 Å². The first-order chi connectivity index (χ1) is 9.29. The number of allylic oxidation sites excluding steroid dienone is 3. The second kappa shape index (κ2) is 5.27. The maximum Gasteiger partial charge on any atom is 0.302 e. The lowest BCUT2D eigenvalue weighted by atomic mass is 9.57. The van der Waals surface area contributed by atoms with E-state index < -0.39 is 0 Å². The van der Waals surface area contributed by atoms with Crippen molar-refractivity contribution in [2.75, 3.05) is 13.2 Å². The molecule has 0 aromatic rings. The van der Waals surface area contributed by atoms with Crippen LogP contribution in [-0.2, 0) is 14.3 Å². The second-order valence-electron chi connectivity index (χ2n) is 6.63. The molecule has 0 aromatic carbocycles. The molecular weight excluding hydrogens is 252 g/mol. The summed E-state index contributed by atoms with van der Waals surface area (Å²) in [4.78, 5) is 11.2. The molecule has 3 heteroatoms. The highest BCUT2D eigenvalue weighted by Gasteiger charge is 2.53. The van der Waals surface area contributed by atoms with E-state index in [2.05, 4.69) is 40.7 Å². The summed E-state index contributed by atoms with van der Waals surface area (Å²) < 4.78 is 11.5. The molecule has 2 bridgehead atoms. The minimum absolute atomic E-state index is 0.102. The van der Waals surface area contributed by atoms with E-state index in [0.717, 1.165) is 5.76 Å². The van der Waals surface area contributed by atoms with Gasteiger partial charge in [0.05, 0.1) is 6.61 Å². The maximum absolute atomic E-state index is 11.2. The molecule has 112 valence electrons. The largest absolute Gasteiger partial charge is 0.497 e. The first-order valence-electron chi connectivity index (χ1n) is 7.41. The molecule has 0 radical (unpaired) electrons. The summed E-state index contributed by atoms with van der Waals surface area (Å²) in [6.45, 7) is 13.4. The summed E-state index contributed by atoms with van der Waals surface area (Å²) in [5, 5.41) is 0. The summed E-state index contributed by atoms with van der Waals surface area (Å²) in [7, 11) is 0. The van der Waals surface area contributed by atoms with Gasteiger partial charge in [-0.1, -0.05) is 25.5 Å². The Bertz CT molecular complexity index is 471. The molecule has 0 amide bonds. The third-order valence-electron chi connectivity index (χ3n) is 5.13. The zero-order valence-corrected chi connectivity index (χ0v) is 13.4. The first kappa shape index (κ1) is 15.1. The van der Waals surface area contributed by atoms with Gasteiger partial charge in [-0.25, -0.2) is 0 Å². The molecule has 1 heterocycles. The van der Waals surface area contributed by atoms with E-state index in [0.29, 0.717) is 31.0 Å². The van der Waals surface area contributed by atoms with Crippen molar-refractivity contribution in [1.29, 1.82) is 0 Å². The van der Waals surface area contributed by atoms with Gasteiger partial charge in [0, 0.05) is 18.3 Å². The van der Waals surface area contributed by atoms with Gasteiger partial charge in [-0.05, 0) is 38.2 Å². The number of ether oxygens (including phenoxy) is 2. The molecule has 4 atom stereocenters. The van der Waals surface area contributed by atoms with Crippen molar-refractivity contribution in [3.63, 3.8) is 0 Å². The fourth-order valence-corrected chi connectivity index (χ4v) is 3.80. The molecule has 1 saturated heterocycles. The summed E-state index contributed by atoms with van der Waals surface area (Å²) in [5.74, 6) is 1.99. The summed E-state index contributed by atoms with van der Waals surface area (Å²) in [6.07, 6.45) is 2.33. The summed E-state index contributed by atoms with van der Waals surface area (Å²) in [5.41, 5.74) is 2.51. The van der Waals surface area contributed by atoms with Crippen LogP contribution in [0.15, 0.2) is 23.0 Å². The quantitative estimate of drug-likeness (QED) is 0.570. The van der Waals surface area contributed by atoms with E-state index in [1.807, 2.05) is 0 Å². The molecule has 0 spiro atoms. The Morgan fingerprint density at radius 3 is 2.60 bits per heavy atom. The van der Waals surface area contributed by atoms with Crippen LogP contribution in [0.5, 0.6) is 0 Å². The lowest BCUT2D eigenvalue weighted by Crippen LogP contribution is -2.53. The molecule has 3 nitrogen and oxygen atoms in total. The minimum atomic E-state index is -0.213. The number of carbonyl (C=O) groups excluding carboxylic acids is 1.